The van der Waals surface area contributed by atoms with E-state index < -0.39 is 5.91 Å². The molecule has 0 fully saturated rings. The second kappa shape index (κ2) is 8.97. The van der Waals surface area contributed by atoms with Crippen LogP contribution in [0.5, 0.6) is 0 Å². The summed E-state index contributed by atoms with van der Waals surface area (Å²) in [5.41, 5.74) is 1.64. The Hall–Kier alpha value is -2.48. The van der Waals surface area contributed by atoms with Crippen molar-refractivity contribution in [3.05, 3.63) is 75.9 Å². The second-order valence-corrected chi connectivity index (χ2v) is 5.84. The Morgan fingerprint density at radius 2 is 1.88 bits per heavy atom. The van der Waals surface area contributed by atoms with E-state index in [1.165, 1.54) is 6.20 Å². The normalized spacial score (nSPS) is 10.8. The summed E-state index contributed by atoms with van der Waals surface area (Å²) < 4.78 is 0. The topological polar surface area (TPSA) is 64.9 Å². The smallest absolute Gasteiger partial charge is 0.267 e. The van der Waals surface area contributed by atoms with Gasteiger partial charge in [0.1, 0.15) is 11.6 Å². The molecule has 0 saturated heterocycles. The monoisotopic (exact) mass is 359 g/mol. The number of carbonyl (C=O) groups is 1. The molecule has 24 heavy (non-hydrogen) atoms. The van der Waals surface area contributed by atoms with Crippen LogP contribution in [0.3, 0.4) is 0 Å². The zero-order chi connectivity index (χ0) is 17.4. The molecule has 2 N–H and O–H groups in total. The molecule has 2 rings (SSSR count). The minimum atomic E-state index is -0.487. The van der Waals surface area contributed by atoms with E-state index in [2.05, 4.69) is 10.6 Å². The quantitative estimate of drug-likeness (QED) is 0.462. The molecule has 4 nitrogen and oxygen atoms in total. The van der Waals surface area contributed by atoms with E-state index in [1.54, 1.807) is 24.3 Å². The predicted molar refractivity (Wildman–Crippen MR) is 96.9 cm³/mol. The van der Waals surface area contributed by atoms with Gasteiger partial charge < -0.3 is 10.6 Å². The van der Waals surface area contributed by atoms with Crippen LogP contribution in [0.4, 0.5) is 5.69 Å². The Morgan fingerprint density at radius 1 is 1.12 bits per heavy atom. The SMILES string of the molecule is N#C/C(=C/NCCc1ccc(Cl)cc1)C(=O)Nc1cccc(Cl)c1. The minimum absolute atomic E-state index is 0.00826. The molecule has 0 aliphatic carbocycles. The van der Waals surface area contributed by atoms with Crippen molar-refractivity contribution in [3.8, 4) is 6.07 Å². The molecule has 0 spiro atoms. The number of rotatable bonds is 6. The highest BCUT2D eigenvalue weighted by molar-refractivity contribution is 6.31. The fraction of sp³-hybridized carbons (Fsp3) is 0.111. The summed E-state index contributed by atoms with van der Waals surface area (Å²) >= 11 is 11.7. The van der Waals surface area contributed by atoms with Crippen LogP contribution in [0.1, 0.15) is 5.56 Å². The Morgan fingerprint density at radius 3 is 2.54 bits per heavy atom. The van der Waals surface area contributed by atoms with Crippen molar-refractivity contribution >= 4 is 34.8 Å². The molecule has 0 saturated carbocycles. The number of nitrogens with zero attached hydrogens (tertiary/aromatic N) is 1. The summed E-state index contributed by atoms with van der Waals surface area (Å²) in [7, 11) is 0. The van der Waals surface area contributed by atoms with E-state index in [4.69, 9.17) is 28.5 Å². The highest BCUT2D eigenvalue weighted by atomic mass is 35.5. The van der Waals surface area contributed by atoms with Gasteiger partial charge in [-0.25, -0.2) is 0 Å². The fourth-order valence-corrected chi connectivity index (χ4v) is 2.27. The molecule has 2 aromatic carbocycles. The lowest BCUT2D eigenvalue weighted by molar-refractivity contribution is -0.112. The predicted octanol–water partition coefficient (Wildman–Crippen LogP) is 4.17. The maximum Gasteiger partial charge on any atom is 0.267 e. The Kier molecular flexibility index (Phi) is 6.68. The third kappa shape index (κ3) is 5.62. The van der Waals surface area contributed by atoms with Crippen LogP contribution in [0.15, 0.2) is 60.3 Å². The summed E-state index contributed by atoms with van der Waals surface area (Å²) in [4.78, 5) is 12.1. The van der Waals surface area contributed by atoms with E-state index in [1.807, 2.05) is 30.3 Å². The van der Waals surface area contributed by atoms with Crippen molar-refractivity contribution in [3.63, 3.8) is 0 Å². The average Bonchev–Trinajstić information content (AvgIpc) is 2.56. The third-order valence-corrected chi connectivity index (χ3v) is 3.65. The zero-order valence-corrected chi connectivity index (χ0v) is 14.2. The molecule has 0 unspecified atom stereocenters. The number of nitrogens with one attached hydrogen (secondary N) is 2. The van der Waals surface area contributed by atoms with Crippen LogP contribution in [-0.2, 0) is 11.2 Å². The number of anilines is 1. The van der Waals surface area contributed by atoms with Crippen LogP contribution in [0.2, 0.25) is 10.0 Å². The van der Waals surface area contributed by atoms with Gasteiger partial charge in [-0.15, -0.1) is 0 Å². The van der Waals surface area contributed by atoms with Gasteiger partial charge in [0.2, 0.25) is 0 Å². The number of nitriles is 1. The first-order valence-electron chi connectivity index (χ1n) is 7.23. The van der Waals surface area contributed by atoms with Crippen LogP contribution in [-0.4, -0.2) is 12.5 Å². The van der Waals surface area contributed by atoms with E-state index >= 15 is 0 Å². The van der Waals surface area contributed by atoms with E-state index in [0.717, 1.165) is 12.0 Å². The van der Waals surface area contributed by atoms with Crippen molar-refractivity contribution < 1.29 is 4.79 Å². The maximum absolute atomic E-state index is 12.1. The van der Waals surface area contributed by atoms with E-state index in [-0.39, 0.29) is 5.57 Å². The van der Waals surface area contributed by atoms with Gasteiger partial charge in [-0.1, -0.05) is 41.4 Å². The summed E-state index contributed by atoms with van der Waals surface area (Å²) in [5.74, 6) is -0.487. The molecular weight excluding hydrogens is 345 g/mol. The first kappa shape index (κ1) is 17.9. The average molecular weight is 360 g/mol. The van der Waals surface area contributed by atoms with Crippen LogP contribution >= 0.6 is 23.2 Å². The van der Waals surface area contributed by atoms with E-state index in [9.17, 15) is 4.79 Å². The first-order chi connectivity index (χ1) is 11.6. The lowest BCUT2D eigenvalue weighted by Gasteiger charge is -2.06. The van der Waals surface area contributed by atoms with Gasteiger partial charge in [-0.05, 0) is 42.3 Å². The van der Waals surface area contributed by atoms with Gasteiger partial charge in [0.05, 0.1) is 0 Å². The highest BCUT2D eigenvalue weighted by Gasteiger charge is 2.09. The standard InChI is InChI=1S/C18H15Cl2N3O/c19-15-6-4-13(5-7-15)8-9-22-12-14(11-21)18(24)23-17-3-1-2-16(20)10-17/h1-7,10,12,22H,8-9H2,(H,23,24)/b14-12-. The Labute approximate surface area is 150 Å². The first-order valence-corrected chi connectivity index (χ1v) is 7.99. The highest BCUT2D eigenvalue weighted by Crippen LogP contribution is 2.15. The van der Waals surface area contributed by atoms with Gasteiger partial charge >= 0.3 is 0 Å². The molecular formula is C18H15Cl2N3O. The molecule has 0 heterocycles. The van der Waals surface area contributed by atoms with Gasteiger partial charge in [-0.3, -0.25) is 4.79 Å². The number of halogens is 2. The molecule has 2 aromatic rings. The lowest BCUT2D eigenvalue weighted by Crippen LogP contribution is -2.18. The minimum Gasteiger partial charge on any atom is -0.389 e. The summed E-state index contributed by atoms with van der Waals surface area (Å²) in [6.45, 7) is 0.595. The fourth-order valence-electron chi connectivity index (χ4n) is 1.96. The molecule has 0 aliphatic heterocycles. The lowest BCUT2D eigenvalue weighted by atomic mass is 10.1. The van der Waals surface area contributed by atoms with Crippen molar-refractivity contribution in [1.29, 1.82) is 5.26 Å². The van der Waals surface area contributed by atoms with Crippen LogP contribution < -0.4 is 10.6 Å². The van der Waals surface area contributed by atoms with Gasteiger partial charge in [-0.2, -0.15) is 5.26 Å². The van der Waals surface area contributed by atoms with Gasteiger partial charge in [0.15, 0.2) is 0 Å². The van der Waals surface area contributed by atoms with Crippen molar-refractivity contribution in [2.75, 3.05) is 11.9 Å². The summed E-state index contributed by atoms with van der Waals surface area (Å²) in [6.07, 6.45) is 2.16. The Bertz CT molecular complexity index is 780. The molecule has 0 aromatic heterocycles. The molecule has 6 heteroatoms. The number of carbonyl (C=O) groups excluding carboxylic acids is 1. The van der Waals surface area contributed by atoms with Crippen molar-refractivity contribution in [1.82, 2.24) is 5.32 Å². The third-order valence-electron chi connectivity index (χ3n) is 3.17. The van der Waals surface area contributed by atoms with Gasteiger partial charge in [0, 0.05) is 28.5 Å². The molecule has 0 aliphatic rings. The van der Waals surface area contributed by atoms with Gasteiger partial charge in [0.25, 0.3) is 5.91 Å². The molecule has 0 bridgehead atoms. The van der Waals surface area contributed by atoms with E-state index in [0.29, 0.717) is 22.3 Å². The Balaban J connectivity index is 1.87. The zero-order valence-electron chi connectivity index (χ0n) is 12.7. The van der Waals surface area contributed by atoms with Crippen molar-refractivity contribution in [2.24, 2.45) is 0 Å². The summed E-state index contributed by atoms with van der Waals surface area (Å²) in [5, 5.41) is 15.9. The van der Waals surface area contributed by atoms with Crippen molar-refractivity contribution in [2.45, 2.75) is 6.42 Å². The van der Waals surface area contributed by atoms with Crippen LogP contribution in [0, 0.1) is 11.3 Å². The largest absolute Gasteiger partial charge is 0.389 e. The summed E-state index contributed by atoms with van der Waals surface area (Å²) in [6, 6.07) is 16.1. The number of hydrogen-bond donors (Lipinski definition) is 2. The molecule has 0 radical (unpaired) electrons. The molecule has 0 atom stereocenters. The van der Waals surface area contributed by atoms with Crippen LogP contribution in [0.25, 0.3) is 0 Å². The number of benzene rings is 2. The number of hydrogen-bond acceptors (Lipinski definition) is 3. The number of amides is 1. The second-order valence-electron chi connectivity index (χ2n) is 4.96. The maximum atomic E-state index is 12.1. The molecule has 122 valence electrons. The molecule has 1 amide bonds.